The molecule has 2 atom stereocenters. The Morgan fingerprint density at radius 3 is 2.53 bits per heavy atom. The maximum Gasteiger partial charge on any atom is 0.282 e. The Hall–Kier alpha value is -3.81. The van der Waals surface area contributed by atoms with E-state index in [1.807, 2.05) is 72.9 Å². The van der Waals surface area contributed by atoms with Gasteiger partial charge < -0.3 is 4.74 Å². The number of para-hydroxylation sites is 2. The second kappa shape index (κ2) is 9.13. The molecule has 0 spiro atoms. The van der Waals surface area contributed by atoms with E-state index in [1.165, 1.54) is 4.68 Å². The summed E-state index contributed by atoms with van der Waals surface area (Å²) in [5.74, 6) is 1.22. The molecule has 160 valence electrons. The average Bonchev–Trinajstić information content (AvgIpc) is 3.32. The standard InChI is InChI=1S/C25H23N5O2/c31-25-21-13-7-8-14-22(21)28-23(17-32-20-11-5-2-6-12-20)30(25)27-16-19-15-26-29-24(19)18-9-3-1-4-10-18/h1-14,16,19,24,26,29H,15,17H2/b27-16+. The highest BCUT2D eigenvalue weighted by Crippen LogP contribution is 2.23. The van der Waals surface area contributed by atoms with Gasteiger partial charge in [0.05, 0.1) is 16.9 Å². The molecule has 2 heterocycles. The maximum absolute atomic E-state index is 13.2. The van der Waals surface area contributed by atoms with Crippen molar-refractivity contribution in [1.29, 1.82) is 0 Å². The molecule has 7 heteroatoms. The highest BCUT2D eigenvalue weighted by Gasteiger charge is 2.27. The highest BCUT2D eigenvalue weighted by atomic mass is 16.5. The minimum atomic E-state index is -0.214. The molecule has 5 rings (SSSR count). The minimum absolute atomic E-state index is 0.0630. The number of nitrogens with one attached hydrogen (secondary N) is 2. The number of hydrazine groups is 1. The third-order valence-corrected chi connectivity index (χ3v) is 5.49. The van der Waals surface area contributed by atoms with Gasteiger partial charge in [0.25, 0.3) is 5.56 Å². The molecule has 4 aromatic rings. The van der Waals surface area contributed by atoms with Gasteiger partial charge in [0.1, 0.15) is 12.4 Å². The molecule has 0 radical (unpaired) electrons. The summed E-state index contributed by atoms with van der Waals surface area (Å²) in [6.07, 6.45) is 1.81. The van der Waals surface area contributed by atoms with Crippen LogP contribution in [-0.4, -0.2) is 22.4 Å². The Kier molecular flexibility index (Phi) is 5.74. The second-order valence-electron chi connectivity index (χ2n) is 7.61. The van der Waals surface area contributed by atoms with Crippen molar-refractivity contribution in [2.45, 2.75) is 12.6 Å². The first-order valence-corrected chi connectivity index (χ1v) is 10.6. The Morgan fingerprint density at radius 1 is 1.00 bits per heavy atom. The lowest BCUT2D eigenvalue weighted by Gasteiger charge is -2.15. The molecule has 32 heavy (non-hydrogen) atoms. The molecule has 2 N–H and O–H groups in total. The van der Waals surface area contributed by atoms with E-state index in [1.54, 1.807) is 6.07 Å². The van der Waals surface area contributed by atoms with Gasteiger partial charge in [-0.1, -0.05) is 60.7 Å². The van der Waals surface area contributed by atoms with E-state index < -0.39 is 0 Å². The number of aromatic nitrogens is 2. The zero-order valence-corrected chi connectivity index (χ0v) is 17.4. The molecule has 2 unspecified atom stereocenters. The predicted octanol–water partition coefficient (Wildman–Crippen LogP) is 3.27. The molecule has 1 aliphatic heterocycles. The summed E-state index contributed by atoms with van der Waals surface area (Å²) < 4.78 is 7.23. The van der Waals surface area contributed by atoms with Crippen molar-refractivity contribution in [3.63, 3.8) is 0 Å². The van der Waals surface area contributed by atoms with Gasteiger partial charge in [-0.15, -0.1) is 0 Å². The lowest BCUT2D eigenvalue weighted by atomic mass is 9.96. The molecule has 0 aliphatic carbocycles. The highest BCUT2D eigenvalue weighted by molar-refractivity contribution is 5.77. The molecule has 0 bridgehead atoms. The van der Waals surface area contributed by atoms with Crippen LogP contribution in [-0.2, 0) is 6.61 Å². The van der Waals surface area contributed by atoms with Crippen LogP contribution in [0, 0.1) is 5.92 Å². The maximum atomic E-state index is 13.2. The van der Waals surface area contributed by atoms with Gasteiger partial charge in [-0.05, 0) is 29.8 Å². The van der Waals surface area contributed by atoms with E-state index in [-0.39, 0.29) is 24.1 Å². The van der Waals surface area contributed by atoms with Gasteiger partial charge in [-0.25, -0.2) is 10.4 Å². The zero-order valence-electron chi connectivity index (χ0n) is 17.4. The third-order valence-electron chi connectivity index (χ3n) is 5.49. The molecule has 1 fully saturated rings. The molecule has 1 saturated heterocycles. The second-order valence-corrected chi connectivity index (χ2v) is 7.61. The van der Waals surface area contributed by atoms with Gasteiger partial charge >= 0.3 is 0 Å². The topological polar surface area (TPSA) is 80.5 Å². The van der Waals surface area contributed by atoms with Crippen molar-refractivity contribution in [1.82, 2.24) is 20.5 Å². The largest absolute Gasteiger partial charge is 0.486 e. The fraction of sp³-hybridized carbons (Fsp3) is 0.160. The minimum Gasteiger partial charge on any atom is -0.486 e. The zero-order chi connectivity index (χ0) is 21.8. The van der Waals surface area contributed by atoms with Crippen LogP contribution < -0.4 is 21.1 Å². The number of ether oxygens (including phenoxy) is 1. The molecule has 1 aliphatic rings. The first-order valence-electron chi connectivity index (χ1n) is 10.6. The smallest absolute Gasteiger partial charge is 0.282 e. The van der Waals surface area contributed by atoms with Crippen molar-refractivity contribution in [3.8, 4) is 5.75 Å². The summed E-state index contributed by atoms with van der Waals surface area (Å²) in [7, 11) is 0. The van der Waals surface area contributed by atoms with Crippen molar-refractivity contribution in [2.24, 2.45) is 11.0 Å². The van der Waals surface area contributed by atoms with Gasteiger partial charge in [0, 0.05) is 18.7 Å². The van der Waals surface area contributed by atoms with Crippen LogP contribution in [0.15, 0.2) is 94.8 Å². The van der Waals surface area contributed by atoms with Gasteiger partial charge in [0.2, 0.25) is 0 Å². The number of rotatable bonds is 6. The van der Waals surface area contributed by atoms with E-state index >= 15 is 0 Å². The van der Waals surface area contributed by atoms with E-state index in [4.69, 9.17) is 4.74 Å². The fourth-order valence-electron chi connectivity index (χ4n) is 3.84. The number of benzene rings is 3. The molecule has 3 aromatic carbocycles. The van der Waals surface area contributed by atoms with Gasteiger partial charge in [0.15, 0.2) is 5.82 Å². The lowest BCUT2D eigenvalue weighted by molar-refractivity contribution is 0.289. The SMILES string of the molecule is O=c1c2ccccc2nc(COc2ccccc2)n1/N=C/C1CNNC1c1ccccc1. The Labute approximate surface area is 185 Å². The molecular formula is C25H23N5O2. The predicted molar refractivity (Wildman–Crippen MR) is 124 cm³/mol. The summed E-state index contributed by atoms with van der Waals surface area (Å²) in [6, 6.07) is 27.0. The molecular weight excluding hydrogens is 402 g/mol. The lowest BCUT2D eigenvalue weighted by Crippen LogP contribution is -2.25. The molecule has 0 saturated carbocycles. The van der Waals surface area contributed by atoms with E-state index in [0.717, 1.165) is 5.56 Å². The van der Waals surface area contributed by atoms with Crippen LogP contribution in [0.4, 0.5) is 0 Å². The van der Waals surface area contributed by atoms with Crippen molar-refractivity contribution < 1.29 is 4.74 Å². The average molecular weight is 425 g/mol. The first-order chi connectivity index (χ1) is 15.8. The van der Waals surface area contributed by atoms with Crippen LogP contribution in [0.1, 0.15) is 17.4 Å². The Balaban J connectivity index is 1.49. The molecule has 7 nitrogen and oxygen atoms in total. The Bertz CT molecular complexity index is 1290. The number of fused-ring (bicyclic) bond motifs is 1. The van der Waals surface area contributed by atoms with Crippen LogP contribution in [0.3, 0.4) is 0 Å². The van der Waals surface area contributed by atoms with Crippen LogP contribution in [0.2, 0.25) is 0 Å². The quantitative estimate of drug-likeness (QED) is 0.464. The van der Waals surface area contributed by atoms with Crippen LogP contribution in [0.25, 0.3) is 10.9 Å². The summed E-state index contributed by atoms with van der Waals surface area (Å²) in [5.41, 5.74) is 8.06. The fourth-order valence-corrected chi connectivity index (χ4v) is 3.84. The van der Waals surface area contributed by atoms with Crippen LogP contribution >= 0.6 is 0 Å². The summed E-state index contributed by atoms with van der Waals surface area (Å²) in [5, 5.41) is 5.11. The third kappa shape index (κ3) is 4.16. The van der Waals surface area contributed by atoms with Crippen molar-refractivity contribution in [3.05, 3.63) is 107 Å². The molecule has 1 aromatic heterocycles. The number of nitrogens with zero attached hydrogens (tertiary/aromatic N) is 3. The van der Waals surface area contributed by atoms with E-state index in [0.29, 0.717) is 29.0 Å². The first kappa shape index (κ1) is 20.1. The number of hydrogen-bond acceptors (Lipinski definition) is 6. The summed E-state index contributed by atoms with van der Waals surface area (Å²) >= 11 is 0. The molecule has 0 amide bonds. The monoisotopic (exact) mass is 425 g/mol. The Morgan fingerprint density at radius 2 is 1.72 bits per heavy atom. The number of hydrogen-bond donors (Lipinski definition) is 2. The summed E-state index contributed by atoms with van der Waals surface area (Å²) in [4.78, 5) is 17.9. The van der Waals surface area contributed by atoms with E-state index in [2.05, 4.69) is 33.1 Å². The normalized spacial score (nSPS) is 18.4. The van der Waals surface area contributed by atoms with Gasteiger partial charge in [-0.2, -0.15) is 9.78 Å². The van der Waals surface area contributed by atoms with Crippen molar-refractivity contribution in [2.75, 3.05) is 6.54 Å². The summed E-state index contributed by atoms with van der Waals surface area (Å²) in [6.45, 7) is 0.833. The van der Waals surface area contributed by atoms with E-state index in [9.17, 15) is 4.79 Å². The van der Waals surface area contributed by atoms with Crippen molar-refractivity contribution >= 4 is 17.1 Å². The van der Waals surface area contributed by atoms with Gasteiger partial charge in [-0.3, -0.25) is 10.2 Å². The van der Waals surface area contributed by atoms with Crippen LogP contribution in [0.5, 0.6) is 5.75 Å².